The van der Waals surface area contributed by atoms with E-state index in [0.717, 1.165) is 5.69 Å². The summed E-state index contributed by atoms with van der Waals surface area (Å²) in [5.41, 5.74) is 0.758. The van der Waals surface area contributed by atoms with Crippen LogP contribution in [0.1, 0.15) is 6.92 Å². The van der Waals surface area contributed by atoms with Crippen molar-refractivity contribution in [3.63, 3.8) is 0 Å². The van der Waals surface area contributed by atoms with Gasteiger partial charge in [-0.25, -0.2) is 13.1 Å². The number of nitrogens with zero attached hydrogens (tertiary/aromatic N) is 2. The first-order valence-electron chi connectivity index (χ1n) is 8.68. The van der Waals surface area contributed by atoms with Crippen molar-refractivity contribution >= 4 is 21.7 Å². The van der Waals surface area contributed by atoms with Crippen LogP contribution in [0.15, 0.2) is 52.6 Å². The van der Waals surface area contributed by atoms with Crippen molar-refractivity contribution in [2.75, 3.05) is 39.2 Å². The van der Waals surface area contributed by atoms with Crippen LogP contribution in [0.25, 0.3) is 0 Å². The molecule has 28 heavy (non-hydrogen) atoms. The van der Waals surface area contributed by atoms with Gasteiger partial charge in [0.25, 0.3) is 0 Å². The molecule has 2 rings (SSSR count). The molecule has 0 aliphatic rings. The number of anilines is 1. The van der Waals surface area contributed by atoms with Crippen LogP contribution in [0.5, 0.6) is 11.5 Å². The molecule has 1 heterocycles. The van der Waals surface area contributed by atoms with Gasteiger partial charge in [0, 0.05) is 44.3 Å². The van der Waals surface area contributed by atoms with E-state index in [1.54, 1.807) is 32.4 Å². The third-order valence-corrected chi connectivity index (χ3v) is 5.05. The molecule has 1 aromatic heterocycles. The number of nitrogens with one attached hydrogen (secondary N) is 3. The Labute approximate surface area is 165 Å². The molecule has 2 aromatic rings. The lowest BCUT2D eigenvalue weighted by molar-refractivity contribution is 0.311. The molecule has 0 unspecified atom stereocenters. The molecule has 0 spiro atoms. The Balaban J connectivity index is 1.89. The molecule has 0 fully saturated rings. The molecular weight excluding hydrogens is 382 g/mol. The molecule has 0 radical (unpaired) electrons. The highest BCUT2D eigenvalue weighted by Crippen LogP contribution is 2.30. The van der Waals surface area contributed by atoms with E-state index in [1.807, 2.05) is 13.0 Å². The van der Waals surface area contributed by atoms with Gasteiger partial charge >= 0.3 is 0 Å². The number of aliphatic imine (C=N–C) groups is 1. The van der Waals surface area contributed by atoms with Crippen molar-refractivity contribution in [2.45, 2.75) is 11.8 Å². The van der Waals surface area contributed by atoms with E-state index in [0.29, 0.717) is 30.6 Å². The number of pyridine rings is 1. The van der Waals surface area contributed by atoms with Gasteiger partial charge in [-0.1, -0.05) is 0 Å². The standard InChI is InChI=1S/C18H25N5O4S/c1-4-27-17-12-14(7-8-16(17)26-3)23-18(19-2)21-10-11-22-28(24,25)15-6-5-9-20-13-15/h5-9,12-13,22H,4,10-11H2,1-3H3,(H2,19,21,23). The molecule has 0 aliphatic carbocycles. The summed E-state index contributed by atoms with van der Waals surface area (Å²) in [6.07, 6.45) is 2.82. The van der Waals surface area contributed by atoms with Crippen molar-refractivity contribution in [2.24, 2.45) is 4.99 Å². The van der Waals surface area contributed by atoms with Crippen molar-refractivity contribution in [1.82, 2.24) is 15.0 Å². The van der Waals surface area contributed by atoms with Crippen LogP contribution in [0.3, 0.4) is 0 Å². The lowest BCUT2D eigenvalue weighted by atomic mass is 10.2. The van der Waals surface area contributed by atoms with Crippen LogP contribution < -0.4 is 24.8 Å². The van der Waals surface area contributed by atoms with Crippen molar-refractivity contribution in [3.8, 4) is 11.5 Å². The Kier molecular flexibility index (Phi) is 8.02. The Morgan fingerprint density at radius 3 is 2.68 bits per heavy atom. The first kappa shape index (κ1) is 21.5. The minimum Gasteiger partial charge on any atom is -0.493 e. The quantitative estimate of drug-likeness (QED) is 0.327. The zero-order valence-electron chi connectivity index (χ0n) is 16.1. The number of hydrogen-bond donors (Lipinski definition) is 3. The Hall–Kier alpha value is -2.85. The topological polar surface area (TPSA) is 114 Å². The number of aromatic nitrogens is 1. The van der Waals surface area contributed by atoms with Gasteiger partial charge in [-0.15, -0.1) is 0 Å². The molecule has 0 atom stereocenters. The zero-order chi connectivity index (χ0) is 20.4. The fourth-order valence-corrected chi connectivity index (χ4v) is 3.29. The minimum absolute atomic E-state index is 0.124. The normalized spacial score (nSPS) is 11.8. The summed E-state index contributed by atoms with van der Waals surface area (Å²) in [6.45, 7) is 2.94. The van der Waals surface area contributed by atoms with Crippen molar-refractivity contribution < 1.29 is 17.9 Å². The first-order valence-corrected chi connectivity index (χ1v) is 10.2. The van der Waals surface area contributed by atoms with Gasteiger partial charge in [0.1, 0.15) is 4.90 Å². The third-order valence-electron chi connectivity index (χ3n) is 3.60. The van der Waals surface area contributed by atoms with Crippen molar-refractivity contribution in [3.05, 3.63) is 42.7 Å². The van der Waals surface area contributed by atoms with Gasteiger partial charge in [-0.3, -0.25) is 9.98 Å². The largest absolute Gasteiger partial charge is 0.493 e. The van der Waals surface area contributed by atoms with E-state index in [4.69, 9.17) is 9.47 Å². The maximum atomic E-state index is 12.1. The Morgan fingerprint density at radius 2 is 2.04 bits per heavy atom. The maximum Gasteiger partial charge on any atom is 0.242 e. The number of methoxy groups -OCH3 is 1. The number of hydrogen-bond acceptors (Lipinski definition) is 6. The van der Waals surface area contributed by atoms with Gasteiger partial charge in [0.2, 0.25) is 10.0 Å². The SMILES string of the molecule is CCOc1cc(NC(=NC)NCCNS(=O)(=O)c2cccnc2)ccc1OC. The average Bonchev–Trinajstić information content (AvgIpc) is 2.71. The monoisotopic (exact) mass is 407 g/mol. The minimum atomic E-state index is -3.59. The predicted octanol–water partition coefficient (Wildman–Crippen LogP) is 1.45. The van der Waals surface area contributed by atoms with E-state index in [1.165, 1.54) is 18.5 Å². The first-order chi connectivity index (χ1) is 13.5. The molecule has 10 heteroatoms. The summed E-state index contributed by atoms with van der Waals surface area (Å²) in [5.74, 6) is 1.75. The van der Waals surface area contributed by atoms with E-state index >= 15 is 0 Å². The number of sulfonamides is 1. The summed E-state index contributed by atoms with van der Waals surface area (Å²) < 4.78 is 37.6. The summed E-state index contributed by atoms with van der Waals surface area (Å²) in [4.78, 5) is 8.07. The predicted molar refractivity (Wildman–Crippen MR) is 109 cm³/mol. The number of ether oxygens (including phenoxy) is 2. The lowest BCUT2D eigenvalue weighted by Gasteiger charge is -2.15. The molecule has 0 saturated carbocycles. The zero-order valence-corrected chi connectivity index (χ0v) is 16.9. The summed E-state index contributed by atoms with van der Waals surface area (Å²) >= 11 is 0. The van der Waals surface area contributed by atoms with Crippen LogP contribution in [0.2, 0.25) is 0 Å². The third kappa shape index (κ3) is 6.10. The highest BCUT2D eigenvalue weighted by molar-refractivity contribution is 7.89. The maximum absolute atomic E-state index is 12.1. The van der Waals surface area contributed by atoms with Crippen LogP contribution in [-0.4, -0.2) is 53.2 Å². The average molecular weight is 407 g/mol. The van der Waals surface area contributed by atoms with Gasteiger partial charge in [-0.2, -0.15) is 0 Å². The second-order valence-electron chi connectivity index (χ2n) is 5.51. The van der Waals surface area contributed by atoms with E-state index in [2.05, 4.69) is 25.3 Å². The summed E-state index contributed by atoms with van der Waals surface area (Å²) in [7, 11) is -0.378. The van der Waals surface area contributed by atoms with E-state index in [9.17, 15) is 8.42 Å². The molecule has 0 bridgehead atoms. The molecule has 0 saturated heterocycles. The smallest absolute Gasteiger partial charge is 0.242 e. The van der Waals surface area contributed by atoms with E-state index in [-0.39, 0.29) is 11.4 Å². The Morgan fingerprint density at radius 1 is 1.21 bits per heavy atom. The Bertz CT molecular complexity index is 888. The van der Waals surface area contributed by atoms with Gasteiger partial charge < -0.3 is 20.1 Å². The molecule has 3 N–H and O–H groups in total. The van der Waals surface area contributed by atoms with Gasteiger partial charge in [-0.05, 0) is 31.2 Å². The van der Waals surface area contributed by atoms with Crippen LogP contribution in [-0.2, 0) is 10.0 Å². The summed E-state index contributed by atoms with van der Waals surface area (Å²) in [6, 6.07) is 8.50. The fourth-order valence-electron chi connectivity index (χ4n) is 2.29. The summed E-state index contributed by atoms with van der Waals surface area (Å²) in [5, 5.41) is 6.17. The highest BCUT2D eigenvalue weighted by atomic mass is 32.2. The molecule has 152 valence electrons. The number of rotatable bonds is 9. The number of guanidine groups is 1. The van der Waals surface area contributed by atoms with Crippen LogP contribution in [0.4, 0.5) is 5.69 Å². The lowest BCUT2D eigenvalue weighted by Crippen LogP contribution is -2.37. The second kappa shape index (κ2) is 10.5. The molecule has 0 amide bonds. The van der Waals surface area contributed by atoms with Gasteiger partial charge in [0.15, 0.2) is 17.5 Å². The van der Waals surface area contributed by atoms with Gasteiger partial charge in [0.05, 0.1) is 13.7 Å². The number of benzene rings is 1. The van der Waals surface area contributed by atoms with Crippen molar-refractivity contribution in [1.29, 1.82) is 0 Å². The van der Waals surface area contributed by atoms with Crippen LogP contribution >= 0.6 is 0 Å². The molecule has 9 nitrogen and oxygen atoms in total. The van der Waals surface area contributed by atoms with E-state index < -0.39 is 10.0 Å². The highest BCUT2D eigenvalue weighted by Gasteiger charge is 2.13. The molecule has 0 aliphatic heterocycles. The second-order valence-corrected chi connectivity index (χ2v) is 7.28. The molecule has 1 aromatic carbocycles. The van der Waals surface area contributed by atoms with Crippen LogP contribution in [0, 0.1) is 0 Å². The fraction of sp³-hybridized carbons (Fsp3) is 0.333. The molecular formula is C18H25N5O4S.